The first-order valence-electron chi connectivity index (χ1n) is 7.88. The molecule has 3 heteroatoms. The molecule has 2 fully saturated rings. The van der Waals surface area contributed by atoms with Gasteiger partial charge in [-0.25, -0.2) is 0 Å². The molecule has 110 valence electrons. The number of aliphatic carboxylic acids is 1. The average Bonchev–Trinajstić information content (AvgIpc) is 2.47. The fraction of sp³-hybridized carbons (Fsp3) is 0.938. The van der Waals surface area contributed by atoms with Crippen LogP contribution in [0.3, 0.4) is 0 Å². The predicted octanol–water partition coefficient (Wildman–Crippen LogP) is 3.86. The van der Waals surface area contributed by atoms with E-state index < -0.39 is 11.4 Å². The summed E-state index contributed by atoms with van der Waals surface area (Å²) in [5.74, 6) is 0.373. The molecule has 0 bridgehead atoms. The minimum Gasteiger partial charge on any atom is -0.481 e. The van der Waals surface area contributed by atoms with E-state index >= 15 is 0 Å². The van der Waals surface area contributed by atoms with E-state index in [0.717, 1.165) is 51.4 Å². The van der Waals surface area contributed by atoms with Gasteiger partial charge < -0.3 is 9.84 Å². The first kappa shape index (κ1) is 14.8. The first-order valence-corrected chi connectivity index (χ1v) is 7.88. The van der Waals surface area contributed by atoms with Crippen LogP contribution in [-0.4, -0.2) is 24.3 Å². The maximum Gasteiger partial charge on any atom is 0.309 e. The van der Waals surface area contributed by atoms with Crippen molar-refractivity contribution in [2.45, 2.75) is 70.8 Å². The van der Waals surface area contributed by atoms with Gasteiger partial charge in [0.05, 0.1) is 11.5 Å². The number of rotatable bonds is 4. The van der Waals surface area contributed by atoms with E-state index in [2.05, 4.69) is 6.92 Å². The third kappa shape index (κ3) is 2.96. The third-order valence-electron chi connectivity index (χ3n) is 5.63. The molecule has 0 heterocycles. The molecule has 0 aromatic rings. The zero-order valence-electron chi connectivity index (χ0n) is 12.4. The lowest BCUT2D eigenvalue weighted by Gasteiger charge is -2.45. The van der Waals surface area contributed by atoms with Gasteiger partial charge in [-0.1, -0.05) is 32.6 Å². The standard InChI is InChI=1S/C16H28O3/c1-3-12-6-5-9-16(11-12,15(17)18)13-7-4-8-14(10-13)19-2/h12-14H,3-11H2,1-2H3,(H,17,18). The molecule has 0 amide bonds. The largest absolute Gasteiger partial charge is 0.481 e. The van der Waals surface area contributed by atoms with Gasteiger partial charge in [0.25, 0.3) is 0 Å². The SMILES string of the molecule is CCC1CCCC(C(=O)O)(C2CCCC(OC)C2)C1. The maximum atomic E-state index is 12.0. The lowest BCUT2D eigenvalue weighted by Crippen LogP contribution is -2.45. The molecular weight excluding hydrogens is 240 g/mol. The number of methoxy groups -OCH3 is 1. The van der Waals surface area contributed by atoms with Crippen molar-refractivity contribution in [3.05, 3.63) is 0 Å². The molecule has 4 atom stereocenters. The highest BCUT2D eigenvalue weighted by atomic mass is 16.5. The smallest absolute Gasteiger partial charge is 0.309 e. The van der Waals surface area contributed by atoms with Crippen LogP contribution in [0.15, 0.2) is 0 Å². The van der Waals surface area contributed by atoms with Crippen molar-refractivity contribution in [3.8, 4) is 0 Å². The molecule has 0 aliphatic heterocycles. The number of hydrogen-bond donors (Lipinski definition) is 1. The van der Waals surface area contributed by atoms with Crippen molar-refractivity contribution < 1.29 is 14.6 Å². The van der Waals surface area contributed by atoms with E-state index in [1.807, 2.05) is 0 Å². The van der Waals surface area contributed by atoms with Crippen LogP contribution in [0.25, 0.3) is 0 Å². The second-order valence-electron chi connectivity index (χ2n) is 6.55. The van der Waals surface area contributed by atoms with Crippen LogP contribution in [-0.2, 0) is 9.53 Å². The first-order chi connectivity index (χ1) is 9.12. The molecule has 2 aliphatic rings. The van der Waals surface area contributed by atoms with Crippen molar-refractivity contribution in [1.82, 2.24) is 0 Å². The molecule has 3 nitrogen and oxygen atoms in total. The van der Waals surface area contributed by atoms with Gasteiger partial charge >= 0.3 is 5.97 Å². The van der Waals surface area contributed by atoms with Gasteiger partial charge in [0.1, 0.15) is 0 Å². The van der Waals surface area contributed by atoms with Crippen molar-refractivity contribution in [2.75, 3.05) is 7.11 Å². The van der Waals surface area contributed by atoms with Crippen LogP contribution >= 0.6 is 0 Å². The lowest BCUT2D eigenvalue weighted by atomic mass is 9.59. The molecule has 0 spiro atoms. The van der Waals surface area contributed by atoms with E-state index in [9.17, 15) is 9.90 Å². The quantitative estimate of drug-likeness (QED) is 0.842. The highest BCUT2D eigenvalue weighted by Crippen LogP contribution is 2.51. The number of hydrogen-bond acceptors (Lipinski definition) is 2. The molecule has 2 rings (SSSR count). The molecule has 2 aliphatic carbocycles. The Hall–Kier alpha value is -0.570. The average molecular weight is 268 g/mol. The van der Waals surface area contributed by atoms with Crippen LogP contribution in [0.4, 0.5) is 0 Å². The number of carboxylic acids is 1. The molecule has 0 saturated heterocycles. The van der Waals surface area contributed by atoms with Crippen LogP contribution < -0.4 is 0 Å². The Morgan fingerprint density at radius 1 is 1.32 bits per heavy atom. The van der Waals surface area contributed by atoms with E-state index in [1.165, 1.54) is 6.42 Å². The predicted molar refractivity (Wildman–Crippen MR) is 75.1 cm³/mol. The number of carboxylic acid groups (broad SMARTS) is 1. The summed E-state index contributed by atoms with van der Waals surface area (Å²) in [6, 6.07) is 0. The Bertz CT molecular complexity index is 315. The van der Waals surface area contributed by atoms with Gasteiger partial charge in [0.15, 0.2) is 0 Å². The van der Waals surface area contributed by atoms with E-state index in [4.69, 9.17) is 4.74 Å². The summed E-state index contributed by atoms with van der Waals surface area (Å²) in [6.07, 6.45) is 9.69. The number of ether oxygens (including phenoxy) is 1. The Balaban J connectivity index is 2.16. The monoisotopic (exact) mass is 268 g/mol. The Morgan fingerprint density at radius 2 is 2.11 bits per heavy atom. The van der Waals surface area contributed by atoms with Crippen molar-refractivity contribution in [3.63, 3.8) is 0 Å². The summed E-state index contributed by atoms with van der Waals surface area (Å²) in [6.45, 7) is 2.20. The number of carbonyl (C=O) groups is 1. The zero-order valence-corrected chi connectivity index (χ0v) is 12.4. The van der Waals surface area contributed by atoms with Gasteiger partial charge in [-0.3, -0.25) is 4.79 Å². The van der Waals surface area contributed by atoms with Crippen molar-refractivity contribution in [1.29, 1.82) is 0 Å². The molecule has 19 heavy (non-hydrogen) atoms. The molecule has 0 aromatic heterocycles. The Morgan fingerprint density at radius 3 is 2.74 bits per heavy atom. The van der Waals surface area contributed by atoms with Crippen molar-refractivity contribution >= 4 is 5.97 Å². The van der Waals surface area contributed by atoms with Crippen LogP contribution in [0.1, 0.15) is 64.7 Å². The molecule has 0 radical (unpaired) electrons. The Labute approximate surface area is 116 Å². The van der Waals surface area contributed by atoms with Gasteiger partial charge in [-0.2, -0.15) is 0 Å². The summed E-state index contributed by atoms with van der Waals surface area (Å²) in [5, 5.41) is 9.87. The summed E-state index contributed by atoms with van der Waals surface area (Å²) in [7, 11) is 1.76. The molecule has 0 aromatic carbocycles. The van der Waals surface area contributed by atoms with Crippen molar-refractivity contribution in [2.24, 2.45) is 17.3 Å². The highest BCUT2D eigenvalue weighted by molar-refractivity contribution is 5.75. The molecule has 1 N–H and O–H groups in total. The lowest BCUT2D eigenvalue weighted by molar-refractivity contribution is -0.159. The minimum absolute atomic E-state index is 0.275. The second-order valence-corrected chi connectivity index (χ2v) is 6.55. The topological polar surface area (TPSA) is 46.5 Å². The summed E-state index contributed by atoms with van der Waals surface area (Å²) < 4.78 is 5.50. The highest BCUT2D eigenvalue weighted by Gasteiger charge is 2.49. The third-order valence-corrected chi connectivity index (χ3v) is 5.63. The van der Waals surface area contributed by atoms with Gasteiger partial charge in [-0.15, -0.1) is 0 Å². The van der Waals surface area contributed by atoms with E-state index in [-0.39, 0.29) is 6.10 Å². The fourth-order valence-corrected chi connectivity index (χ4v) is 4.37. The summed E-state index contributed by atoms with van der Waals surface area (Å²) >= 11 is 0. The second kappa shape index (κ2) is 6.25. The van der Waals surface area contributed by atoms with E-state index in [1.54, 1.807) is 7.11 Å². The molecule has 2 saturated carbocycles. The van der Waals surface area contributed by atoms with Gasteiger partial charge in [-0.05, 0) is 43.9 Å². The normalized spacial score (nSPS) is 40.0. The van der Waals surface area contributed by atoms with Crippen LogP contribution in [0.5, 0.6) is 0 Å². The molecular formula is C16H28O3. The van der Waals surface area contributed by atoms with Crippen LogP contribution in [0, 0.1) is 17.3 Å². The minimum atomic E-state index is -0.549. The zero-order chi connectivity index (χ0) is 13.9. The van der Waals surface area contributed by atoms with Gasteiger partial charge in [0, 0.05) is 7.11 Å². The Kier molecular flexibility index (Phi) is 4.88. The van der Waals surface area contributed by atoms with Gasteiger partial charge in [0.2, 0.25) is 0 Å². The van der Waals surface area contributed by atoms with E-state index in [0.29, 0.717) is 11.8 Å². The molecule has 4 unspecified atom stereocenters. The summed E-state index contributed by atoms with van der Waals surface area (Å²) in [5.41, 5.74) is -0.462. The maximum absolute atomic E-state index is 12.0. The summed E-state index contributed by atoms with van der Waals surface area (Å²) in [4.78, 5) is 12.0. The fourth-order valence-electron chi connectivity index (χ4n) is 4.37. The van der Waals surface area contributed by atoms with Crippen LogP contribution in [0.2, 0.25) is 0 Å².